The number of hydrogen-bond donors (Lipinski definition) is 40. The zero-order valence-electron chi connectivity index (χ0n) is 71.3. The van der Waals surface area contributed by atoms with E-state index in [0.29, 0.717) is 0 Å². The molecule has 0 unspecified atom stereocenters. The summed E-state index contributed by atoms with van der Waals surface area (Å²) in [6.07, 6.45) is -124. The highest BCUT2D eigenvalue weighted by atomic mass is 31.2. The number of phosphoric acid groups is 4. The van der Waals surface area contributed by atoms with Gasteiger partial charge in [-0.25, -0.2) is 27.8 Å². The number of aliphatic hydroxyl groups is 27. The molecule has 0 saturated carbocycles. The summed E-state index contributed by atoms with van der Waals surface area (Å²) >= 11 is 0. The number of rotatable bonds is 42. The van der Waals surface area contributed by atoms with Crippen molar-refractivity contribution in [2.75, 3.05) is 66.1 Å². The Morgan fingerprint density at radius 3 is 1.28 bits per heavy atom. The van der Waals surface area contributed by atoms with Crippen LogP contribution in [0.15, 0.2) is 0 Å². The number of aliphatic hydroxyl groups excluding tert-OH is 27. The van der Waals surface area contributed by atoms with Crippen LogP contribution < -0.4 is 17.2 Å². The zero-order valence-corrected chi connectivity index (χ0v) is 74.8. The highest BCUT2D eigenvalue weighted by molar-refractivity contribution is 7.47. The molecule has 0 aliphatic carbocycles. The molecule has 10 fully saturated rings. The van der Waals surface area contributed by atoms with Crippen molar-refractivity contribution in [3.05, 3.63) is 0 Å². The summed E-state index contributed by atoms with van der Waals surface area (Å²) in [6.45, 7) is -14.5. The Labute approximate surface area is 778 Å². The molecule has 0 radical (unpaired) electrons. The molecule has 0 aromatic rings. The molecule has 812 valence electrons. The van der Waals surface area contributed by atoms with E-state index in [2.05, 4.69) is 0 Å². The average molecular weight is 2130 g/mol. The Hall–Kier alpha value is -2.58. The minimum Gasteiger partial charge on any atom is -0.477 e. The van der Waals surface area contributed by atoms with Gasteiger partial charge < -0.3 is 294 Å². The van der Waals surface area contributed by atoms with Crippen molar-refractivity contribution in [3.63, 3.8) is 0 Å². The molecule has 0 amide bonds. The highest BCUT2D eigenvalue weighted by Gasteiger charge is 2.67. The van der Waals surface area contributed by atoms with Crippen molar-refractivity contribution in [1.29, 1.82) is 0 Å². The average Bonchev–Trinajstić information content (AvgIpc) is 0.736. The van der Waals surface area contributed by atoms with Gasteiger partial charge >= 0.3 is 43.2 Å². The lowest BCUT2D eigenvalue weighted by Crippen LogP contribution is -2.71. The standard InChI is InChI=1S/C66H117N3O66P4/c67-25-33(86)31(84)22(116-55(25)96)10-113-56-26(68)34(87)47(133-137(104,105)106)24(121-56)12-115-65(63(97)98)2-17(129-66(64(99)100)1-13(77)28(81)43(130-66)14(78)3-70)48(45(131-65)16(80)5-72)125-62-54(135-139(110,111)112)52(53(134-138(107,108)109)44(122-62)15(79)4-71)128-61-42(95)51(41(94)46(123-61)21(9-76)132-136(101,102)103)127-57-27(69)50(49(20(8-75)119-57)124-59-39(92)36(89)30(83)19(7-74)118-59)126-60-40(93)37(90)32(85)23(120-60)11-114-58-38(91)35(88)29(82)18(6-73)117-58/h13-62,70-96H,1-12,67-69H2,(H,97,98)(H,99,100)(H2,101,102,103)(H2,104,105,106)(H2,107,108,109)(H2,110,111,112)/t13-,14-,15+,16-,17-,18-,19-,20-,21+,22-,23-,24-,25-,26-,27-,28-,29-,30-,31-,32-,33-,34-,35+,36+,37+,38-,39-,40-,41-,42+,43-,44-,45-,46-,47-,48-,49+,50-,51+,52+,53-,54+,55+,56-,57-,58+,59-,60+,61-,62-,65-,66-/m1/s1. The maximum absolute atomic E-state index is 14.3. The van der Waals surface area contributed by atoms with Crippen molar-refractivity contribution >= 4 is 43.2 Å². The third kappa shape index (κ3) is 27.4. The van der Waals surface area contributed by atoms with Crippen LogP contribution in [-0.4, -0.2) is 583 Å². The summed E-state index contributed by atoms with van der Waals surface area (Å²) in [7, 11) is -25.4. The van der Waals surface area contributed by atoms with Gasteiger partial charge in [-0.15, -0.1) is 0 Å². The second kappa shape index (κ2) is 48.6. The number of aliphatic carboxylic acids is 2. The van der Waals surface area contributed by atoms with Crippen LogP contribution in [0.25, 0.3) is 0 Å². The fourth-order valence-corrected chi connectivity index (χ4v) is 18.9. The second-order valence-corrected chi connectivity index (χ2v) is 38.3. The first kappa shape index (κ1) is 118. The molecule has 10 rings (SSSR count). The quantitative estimate of drug-likeness (QED) is 0.0252. The highest BCUT2D eigenvalue weighted by Crippen LogP contribution is 2.52. The van der Waals surface area contributed by atoms with Gasteiger partial charge in [-0.1, -0.05) is 0 Å². The number of carboxylic acid groups (broad SMARTS) is 2. The molecule has 52 atom stereocenters. The summed E-state index contributed by atoms with van der Waals surface area (Å²) in [5.41, 5.74) is 18.6. The summed E-state index contributed by atoms with van der Waals surface area (Å²) in [6, 6.07) is -6.19. The molecule has 69 nitrogen and oxygen atoms in total. The van der Waals surface area contributed by atoms with Gasteiger partial charge in [-0.2, -0.15) is 0 Å². The third-order valence-electron chi connectivity index (χ3n) is 23.9. The number of carboxylic acids is 2. The summed E-state index contributed by atoms with van der Waals surface area (Å²) < 4.78 is 182. The van der Waals surface area contributed by atoms with Gasteiger partial charge in [0.1, 0.15) is 226 Å². The van der Waals surface area contributed by atoms with Gasteiger partial charge in [0.15, 0.2) is 50.3 Å². The molecule has 73 heteroatoms. The number of hydrogen-bond acceptors (Lipinski definition) is 59. The predicted molar refractivity (Wildman–Crippen MR) is 414 cm³/mol. The van der Waals surface area contributed by atoms with Gasteiger partial charge in [-0.05, 0) is 0 Å². The van der Waals surface area contributed by atoms with Crippen molar-refractivity contribution in [3.8, 4) is 0 Å². The van der Waals surface area contributed by atoms with Gasteiger partial charge in [0, 0.05) is 12.8 Å². The first-order valence-electron chi connectivity index (χ1n) is 41.7. The Morgan fingerprint density at radius 2 is 0.755 bits per heavy atom. The molecule has 0 spiro atoms. The van der Waals surface area contributed by atoms with Crippen LogP contribution in [0.5, 0.6) is 0 Å². The second-order valence-electron chi connectivity index (χ2n) is 33.5. The molecule has 0 aromatic carbocycles. The number of ether oxygens (including phenoxy) is 19. The molecule has 10 aliphatic rings. The van der Waals surface area contributed by atoms with E-state index in [-0.39, 0.29) is 0 Å². The van der Waals surface area contributed by atoms with Crippen LogP contribution in [0.2, 0.25) is 0 Å². The molecule has 10 saturated heterocycles. The molecule has 139 heavy (non-hydrogen) atoms. The Kier molecular flexibility index (Phi) is 41.3. The van der Waals surface area contributed by atoms with E-state index in [4.69, 9.17) is 125 Å². The molecule has 0 aromatic heterocycles. The van der Waals surface area contributed by atoms with E-state index in [0.717, 1.165) is 0 Å². The summed E-state index contributed by atoms with van der Waals surface area (Å²) in [5, 5.41) is 321. The first-order valence-corrected chi connectivity index (χ1v) is 47.8. The van der Waals surface area contributed by atoms with E-state index >= 15 is 0 Å². The van der Waals surface area contributed by atoms with Crippen LogP contribution in [-0.2, 0) is 136 Å². The van der Waals surface area contributed by atoms with Crippen molar-refractivity contribution in [2.45, 2.75) is 331 Å². The summed E-state index contributed by atoms with van der Waals surface area (Å²) in [4.78, 5) is 112. The topological polar surface area (TPSA) is 1140 Å². The van der Waals surface area contributed by atoms with Crippen LogP contribution in [0.4, 0.5) is 0 Å². The number of nitrogens with two attached hydrogens (primary N) is 3. The van der Waals surface area contributed by atoms with E-state index in [1.54, 1.807) is 0 Å². The molecule has 10 aliphatic heterocycles. The predicted octanol–water partition coefficient (Wildman–Crippen LogP) is -24.0. The normalized spacial score (nSPS) is 46.7. The number of phosphoric ester groups is 4. The lowest BCUT2D eigenvalue weighted by molar-refractivity contribution is -0.408. The maximum atomic E-state index is 14.3. The minimum atomic E-state index is -6.74. The van der Waals surface area contributed by atoms with Gasteiger partial charge in [0.2, 0.25) is 0 Å². The fraction of sp³-hybridized carbons (Fsp3) is 0.970. The van der Waals surface area contributed by atoms with Crippen molar-refractivity contribution in [1.82, 2.24) is 0 Å². The molecule has 43 N–H and O–H groups in total. The Bertz CT molecular complexity index is 4080. The fourth-order valence-electron chi connectivity index (χ4n) is 16.7. The monoisotopic (exact) mass is 2130 g/mol. The van der Waals surface area contributed by atoms with E-state index in [1.165, 1.54) is 0 Å². The zero-order chi connectivity index (χ0) is 104. The largest absolute Gasteiger partial charge is 0.477 e. The van der Waals surface area contributed by atoms with Crippen LogP contribution in [0, 0.1) is 0 Å². The minimum absolute atomic E-state index is 1.01. The molecule has 0 bridgehead atoms. The van der Waals surface area contributed by atoms with Crippen molar-refractivity contribution in [2.24, 2.45) is 17.2 Å². The molecule has 10 heterocycles. The van der Waals surface area contributed by atoms with Gasteiger partial charge in [-0.3, -0.25) is 18.1 Å². The lowest BCUT2D eigenvalue weighted by Gasteiger charge is -2.53. The smallest absolute Gasteiger partial charge is 0.470 e. The molecular weight excluding hydrogens is 2010 g/mol. The summed E-state index contributed by atoms with van der Waals surface area (Å²) in [5.74, 6) is -12.9. The number of carbonyl (C=O) groups is 2. The van der Waals surface area contributed by atoms with Crippen molar-refractivity contribution < 1.29 is 323 Å². The van der Waals surface area contributed by atoms with E-state index in [9.17, 15) is 215 Å². The lowest BCUT2D eigenvalue weighted by atomic mass is 9.89. The maximum Gasteiger partial charge on any atom is 0.470 e. The van der Waals surface area contributed by atoms with Gasteiger partial charge in [0.25, 0.3) is 11.6 Å². The first-order chi connectivity index (χ1) is 64.7. The third-order valence-corrected chi connectivity index (χ3v) is 26.0. The van der Waals surface area contributed by atoms with E-state index < -0.39 is 440 Å². The van der Waals surface area contributed by atoms with E-state index in [1.807, 2.05) is 0 Å². The SMILES string of the molecule is N[C@@H]1[C@@H](O)[C@H](O)[C@@H](CO[C@@H]2O[C@H](CO[C@]3(C(=O)O)C[C@@H](O[C@]4(C(=O)O)C[C@@H](O)[C@@H](O)[C@@H]([C@H](O)CO)O4)[C@@H](O[C@H]4O[C@H]([C@@H](O)CO)[C@@H](OP(=O)(O)O)[C@H](O[C@H]5O[C@H]([C@H](CO)OP(=O)(O)O)[C@@H](O)[C@H](O[C@H]6O[C@H](CO)[C@H](O[C@H]7O[C@H](CO)[C@@H](O)[C@H](O)[C@H]7O)[C@H](O[C@@H]7O[C@H](CO[C@H]8O[C@H](CO)[C@@H](O)[C@H](O)[C@H]8O)[C@@H](O)[C@H](O)[C@H]7O)[C@H]6N)[C@@H]5O)[C@@H]4OP(=O)(O)O)[C@@H]([C@H](O)CO)O3)[C@@H](OP(=O)(O)O)[C@H](O)[C@H]2N)O[C@@H]1O. The Balaban J connectivity index is 1.08. The van der Waals surface area contributed by atoms with Crippen LogP contribution in [0.1, 0.15) is 12.8 Å². The molecular formula is C66H117N3O66P4. The van der Waals surface area contributed by atoms with Crippen LogP contribution in [0.3, 0.4) is 0 Å². The van der Waals surface area contributed by atoms with Crippen LogP contribution >= 0.6 is 31.3 Å². The van der Waals surface area contributed by atoms with Gasteiger partial charge in [0.05, 0.1) is 96.4 Å². The Morgan fingerprint density at radius 1 is 0.331 bits per heavy atom.